The van der Waals surface area contributed by atoms with Crippen molar-refractivity contribution in [1.82, 2.24) is 16.0 Å². The van der Waals surface area contributed by atoms with Gasteiger partial charge in [-0.25, -0.2) is 4.79 Å². The number of primary amides is 2. The summed E-state index contributed by atoms with van der Waals surface area (Å²) in [6.07, 6.45) is -4.32. The predicted molar refractivity (Wildman–Crippen MR) is 102 cm³/mol. The fraction of sp³-hybridized carbons (Fsp3) is 0.625. The van der Waals surface area contributed by atoms with E-state index in [2.05, 4.69) is 10.6 Å². The maximum Gasteiger partial charge on any atom is 0.328 e. The van der Waals surface area contributed by atoms with Crippen LogP contribution >= 0.6 is 0 Å². The Morgan fingerprint density at radius 2 is 1.19 bits per heavy atom. The average molecular weight is 448 g/mol. The molecule has 0 aliphatic carbocycles. The van der Waals surface area contributed by atoms with E-state index in [1.54, 1.807) is 0 Å². The summed E-state index contributed by atoms with van der Waals surface area (Å²) in [6.45, 7) is 2.22. The van der Waals surface area contributed by atoms with Gasteiger partial charge in [-0.2, -0.15) is 0 Å². The highest BCUT2D eigenvalue weighted by atomic mass is 16.4. The summed E-state index contributed by atoms with van der Waals surface area (Å²) < 4.78 is 0. The van der Waals surface area contributed by atoms with Gasteiger partial charge in [-0.3, -0.25) is 24.0 Å². The van der Waals surface area contributed by atoms with E-state index in [4.69, 9.17) is 22.3 Å². The maximum atomic E-state index is 12.5. The third kappa shape index (κ3) is 9.83. The number of hydrogen-bond acceptors (Lipinski definition) is 9. The normalized spacial score (nSPS) is 16.5. The number of hydrogen-bond donors (Lipinski definition) is 9. The molecule has 0 saturated heterocycles. The number of nitrogens with two attached hydrogens (primary N) is 3. The van der Waals surface area contributed by atoms with Crippen molar-refractivity contribution in [3.05, 3.63) is 0 Å². The Labute approximate surface area is 176 Å². The van der Waals surface area contributed by atoms with Gasteiger partial charge in [0.1, 0.15) is 12.1 Å². The number of aliphatic hydroxyl groups excluding tert-OH is 2. The molecule has 12 N–H and O–H groups in total. The summed E-state index contributed by atoms with van der Waals surface area (Å²) in [5.74, 6) is -6.81. The molecule has 0 aliphatic rings. The van der Waals surface area contributed by atoms with Crippen LogP contribution in [0.5, 0.6) is 0 Å². The first-order chi connectivity index (χ1) is 14.2. The molecule has 176 valence electrons. The van der Waals surface area contributed by atoms with Crippen LogP contribution in [0.3, 0.4) is 0 Å². The van der Waals surface area contributed by atoms with Crippen molar-refractivity contribution < 1.29 is 44.1 Å². The minimum Gasteiger partial charge on any atom is -0.480 e. The van der Waals surface area contributed by atoms with Crippen molar-refractivity contribution in [2.75, 3.05) is 0 Å². The van der Waals surface area contributed by atoms with Gasteiger partial charge in [-0.15, -0.1) is 0 Å². The van der Waals surface area contributed by atoms with Gasteiger partial charge in [-0.05, 0) is 13.8 Å². The number of aliphatic hydroxyl groups is 2. The SMILES string of the molecule is CC(O)C(NC(=O)C(CC(N)=O)NC(=O)C(NC(=O)C(N)CC(N)=O)C(C)O)C(=O)O. The Balaban J connectivity index is 5.46. The lowest BCUT2D eigenvalue weighted by Gasteiger charge is -2.26. The van der Waals surface area contributed by atoms with E-state index >= 15 is 0 Å². The molecule has 0 aromatic rings. The van der Waals surface area contributed by atoms with E-state index in [0.29, 0.717) is 0 Å². The van der Waals surface area contributed by atoms with Crippen LogP contribution in [0.25, 0.3) is 0 Å². The molecule has 0 fully saturated rings. The second-order valence-corrected chi connectivity index (χ2v) is 6.80. The molecule has 31 heavy (non-hydrogen) atoms. The number of rotatable bonds is 13. The van der Waals surface area contributed by atoms with Crippen molar-refractivity contribution in [2.24, 2.45) is 17.2 Å². The number of amides is 5. The molecular formula is C16H28N6O9. The fourth-order valence-electron chi connectivity index (χ4n) is 2.29. The van der Waals surface area contributed by atoms with Crippen molar-refractivity contribution in [1.29, 1.82) is 0 Å². The van der Waals surface area contributed by atoms with E-state index in [9.17, 15) is 39.0 Å². The summed E-state index contributed by atoms with van der Waals surface area (Å²) in [5, 5.41) is 34.4. The quantitative estimate of drug-likeness (QED) is 0.129. The Hall–Kier alpha value is -3.30. The molecular weight excluding hydrogens is 420 g/mol. The van der Waals surface area contributed by atoms with Crippen LogP contribution in [0.1, 0.15) is 26.7 Å². The third-order valence-electron chi connectivity index (χ3n) is 3.91. The number of carboxylic acids is 1. The predicted octanol–water partition coefficient (Wildman–Crippen LogP) is -5.63. The molecule has 6 unspecified atom stereocenters. The zero-order valence-electron chi connectivity index (χ0n) is 16.9. The van der Waals surface area contributed by atoms with Crippen molar-refractivity contribution in [3.8, 4) is 0 Å². The lowest BCUT2D eigenvalue weighted by molar-refractivity contribution is -0.145. The van der Waals surface area contributed by atoms with E-state index in [1.807, 2.05) is 5.32 Å². The number of carboxylic acid groups (broad SMARTS) is 1. The third-order valence-corrected chi connectivity index (χ3v) is 3.91. The molecule has 0 spiro atoms. The Morgan fingerprint density at radius 3 is 1.58 bits per heavy atom. The average Bonchev–Trinajstić information content (AvgIpc) is 2.60. The molecule has 0 aromatic heterocycles. The highest BCUT2D eigenvalue weighted by Gasteiger charge is 2.34. The van der Waals surface area contributed by atoms with Gasteiger partial charge in [0, 0.05) is 0 Å². The molecule has 0 heterocycles. The molecule has 0 aliphatic heterocycles. The number of carbonyl (C=O) groups is 6. The number of carbonyl (C=O) groups excluding carboxylic acids is 5. The zero-order valence-corrected chi connectivity index (χ0v) is 16.9. The van der Waals surface area contributed by atoms with Crippen LogP contribution in [0.2, 0.25) is 0 Å². The van der Waals surface area contributed by atoms with E-state index in [-0.39, 0.29) is 0 Å². The molecule has 15 nitrogen and oxygen atoms in total. The van der Waals surface area contributed by atoms with Gasteiger partial charge >= 0.3 is 5.97 Å². The van der Waals surface area contributed by atoms with Crippen LogP contribution in [0.15, 0.2) is 0 Å². The van der Waals surface area contributed by atoms with Gasteiger partial charge in [-0.1, -0.05) is 0 Å². The van der Waals surface area contributed by atoms with Crippen LogP contribution in [0, 0.1) is 0 Å². The fourth-order valence-corrected chi connectivity index (χ4v) is 2.29. The van der Waals surface area contributed by atoms with Gasteiger partial charge < -0.3 is 48.5 Å². The summed E-state index contributed by atoms with van der Waals surface area (Å²) in [5.41, 5.74) is 15.4. The maximum absolute atomic E-state index is 12.5. The molecule has 0 bridgehead atoms. The summed E-state index contributed by atoms with van der Waals surface area (Å²) >= 11 is 0. The molecule has 5 amide bonds. The second-order valence-electron chi connectivity index (χ2n) is 6.80. The lowest BCUT2D eigenvalue weighted by Crippen LogP contribution is -2.61. The molecule has 15 heteroatoms. The summed E-state index contributed by atoms with van der Waals surface area (Å²) in [7, 11) is 0. The molecule has 0 rings (SSSR count). The van der Waals surface area contributed by atoms with Crippen molar-refractivity contribution in [3.63, 3.8) is 0 Å². The standard InChI is InChI=1S/C16H28N6O9/c1-5(23)11(21-13(27)7(17)3-9(18)25)15(29)20-8(4-10(19)26)14(28)22-12(6(2)24)16(30)31/h5-8,11-12,23-24H,3-4,17H2,1-2H3,(H2,18,25)(H2,19,26)(H,20,29)(H,21,27)(H,22,28)(H,30,31). The molecule has 6 atom stereocenters. The number of nitrogens with one attached hydrogen (secondary N) is 3. The summed E-state index contributed by atoms with van der Waals surface area (Å²) in [4.78, 5) is 70.1. The van der Waals surface area contributed by atoms with Gasteiger partial charge in [0.15, 0.2) is 6.04 Å². The highest BCUT2D eigenvalue weighted by molar-refractivity contribution is 5.96. The first kappa shape index (κ1) is 27.7. The number of aliphatic carboxylic acids is 1. The minimum absolute atomic E-state index is 0.539. The first-order valence-electron chi connectivity index (χ1n) is 8.99. The molecule has 0 aromatic carbocycles. The Morgan fingerprint density at radius 1 is 0.742 bits per heavy atom. The smallest absolute Gasteiger partial charge is 0.328 e. The molecule has 0 radical (unpaired) electrons. The zero-order chi connectivity index (χ0) is 24.5. The monoisotopic (exact) mass is 448 g/mol. The van der Waals surface area contributed by atoms with Gasteiger partial charge in [0.05, 0.1) is 31.1 Å². The highest BCUT2D eigenvalue weighted by Crippen LogP contribution is 2.02. The van der Waals surface area contributed by atoms with Gasteiger partial charge in [0.25, 0.3) is 0 Å². The van der Waals surface area contributed by atoms with Crippen LogP contribution < -0.4 is 33.2 Å². The van der Waals surface area contributed by atoms with E-state index in [1.165, 1.54) is 0 Å². The lowest BCUT2D eigenvalue weighted by atomic mass is 10.1. The molecule has 0 saturated carbocycles. The minimum atomic E-state index is -1.75. The van der Waals surface area contributed by atoms with Crippen molar-refractivity contribution in [2.45, 2.75) is 63.1 Å². The van der Waals surface area contributed by atoms with E-state index < -0.39 is 84.7 Å². The Bertz CT molecular complexity index is 712. The second kappa shape index (κ2) is 12.4. The van der Waals surface area contributed by atoms with Crippen LogP contribution in [-0.4, -0.2) is 87.2 Å². The summed E-state index contributed by atoms with van der Waals surface area (Å²) in [6, 6.07) is -6.53. The van der Waals surface area contributed by atoms with Gasteiger partial charge in [0.2, 0.25) is 29.5 Å². The van der Waals surface area contributed by atoms with Crippen molar-refractivity contribution >= 4 is 35.5 Å². The van der Waals surface area contributed by atoms with E-state index in [0.717, 1.165) is 13.8 Å². The van der Waals surface area contributed by atoms with Crippen LogP contribution in [-0.2, 0) is 28.8 Å². The topological polar surface area (TPSA) is 277 Å². The largest absolute Gasteiger partial charge is 0.480 e. The Kier molecular flexibility index (Phi) is 11.1. The first-order valence-corrected chi connectivity index (χ1v) is 8.99. The van der Waals surface area contributed by atoms with Crippen LogP contribution in [0.4, 0.5) is 0 Å².